The Balaban J connectivity index is 1.68. The fourth-order valence-corrected chi connectivity index (χ4v) is 3.43. The smallest absolute Gasteiger partial charge is 0.127 e. The monoisotopic (exact) mass is 279 g/mol. The van der Waals surface area contributed by atoms with Crippen LogP contribution in [0.25, 0.3) is 0 Å². The van der Waals surface area contributed by atoms with Crippen molar-refractivity contribution in [3.05, 3.63) is 23.8 Å². The van der Waals surface area contributed by atoms with Gasteiger partial charge in [-0.2, -0.15) is 0 Å². The molecule has 0 unspecified atom stereocenters. The van der Waals surface area contributed by atoms with Crippen molar-refractivity contribution in [1.29, 1.82) is 0 Å². The van der Waals surface area contributed by atoms with Crippen molar-refractivity contribution in [1.82, 2.24) is 4.72 Å². The van der Waals surface area contributed by atoms with E-state index in [1.807, 2.05) is 18.2 Å². The van der Waals surface area contributed by atoms with Gasteiger partial charge in [0, 0.05) is 18.2 Å². The molecule has 1 aromatic carbocycles. The van der Waals surface area contributed by atoms with Gasteiger partial charge in [-0.3, -0.25) is 4.72 Å². The molecule has 3 nitrogen and oxygen atoms in total. The van der Waals surface area contributed by atoms with Crippen LogP contribution in [0.15, 0.2) is 18.2 Å². The molecular weight excluding hydrogens is 258 g/mol. The fraction of sp³-hybridized carbons (Fsp3) is 0.600. The average Bonchev–Trinajstić information content (AvgIpc) is 2.33. The Labute approximate surface area is 120 Å². The van der Waals surface area contributed by atoms with E-state index in [2.05, 4.69) is 17.5 Å². The lowest BCUT2D eigenvalue weighted by Crippen LogP contribution is -2.48. The summed E-state index contributed by atoms with van der Waals surface area (Å²) < 4.78 is 14.3. The highest BCUT2D eigenvalue weighted by Crippen LogP contribution is 2.56. The van der Waals surface area contributed by atoms with Crippen molar-refractivity contribution in [2.24, 2.45) is 5.41 Å². The molecule has 1 spiro atoms. The second kappa shape index (κ2) is 5.25. The van der Waals surface area contributed by atoms with Crippen LogP contribution in [0, 0.1) is 5.41 Å². The van der Waals surface area contributed by atoms with Crippen molar-refractivity contribution in [2.45, 2.75) is 44.8 Å². The van der Waals surface area contributed by atoms with Crippen molar-refractivity contribution < 1.29 is 9.47 Å². The fourth-order valence-electron chi connectivity index (χ4n) is 3.26. The molecule has 2 aliphatic carbocycles. The number of methoxy groups -OCH3 is 1. The SMILES string of the molecule is COc1ccc(CNS)c(OC2CC3(CCC3)C2)c1. The van der Waals surface area contributed by atoms with Crippen molar-refractivity contribution in [3.8, 4) is 11.5 Å². The maximum atomic E-state index is 6.15. The molecule has 0 amide bonds. The number of ether oxygens (including phenoxy) is 2. The molecule has 3 rings (SSSR count). The lowest BCUT2D eigenvalue weighted by molar-refractivity contribution is -0.0684. The second-order valence-electron chi connectivity index (χ2n) is 5.81. The molecule has 19 heavy (non-hydrogen) atoms. The molecule has 104 valence electrons. The van der Waals surface area contributed by atoms with Gasteiger partial charge in [0.2, 0.25) is 0 Å². The first-order valence-electron chi connectivity index (χ1n) is 6.95. The molecule has 0 aromatic heterocycles. The summed E-state index contributed by atoms with van der Waals surface area (Å²) in [7, 11) is 1.68. The van der Waals surface area contributed by atoms with E-state index in [-0.39, 0.29) is 0 Å². The third kappa shape index (κ3) is 2.56. The Kier molecular flexibility index (Phi) is 3.63. The van der Waals surface area contributed by atoms with Gasteiger partial charge in [-0.15, -0.1) is 0 Å². The van der Waals surface area contributed by atoms with Crippen LogP contribution in [0.2, 0.25) is 0 Å². The van der Waals surface area contributed by atoms with Gasteiger partial charge in [0.25, 0.3) is 0 Å². The minimum absolute atomic E-state index is 0.381. The number of benzene rings is 1. The molecule has 0 aliphatic heterocycles. The standard InChI is InChI=1S/C15H21NO2S/c1-17-12-4-3-11(10-16-19)14(7-12)18-13-8-15(9-13)5-2-6-15/h3-4,7,13,16,19H,2,5-6,8-10H2,1H3. The maximum absolute atomic E-state index is 6.15. The van der Waals surface area contributed by atoms with Gasteiger partial charge in [-0.05, 0) is 37.2 Å². The summed E-state index contributed by atoms with van der Waals surface area (Å²) in [5.41, 5.74) is 1.77. The lowest BCUT2D eigenvalue weighted by Gasteiger charge is -2.53. The average molecular weight is 279 g/mol. The van der Waals surface area contributed by atoms with Crippen molar-refractivity contribution in [2.75, 3.05) is 7.11 Å². The van der Waals surface area contributed by atoms with Crippen LogP contribution >= 0.6 is 12.8 Å². The summed E-state index contributed by atoms with van der Waals surface area (Å²) in [5, 5.41) is 0. The van der Waals surface area contributed by atoms with E-state index in [1.165, 1.54) is 32.1 Å². The lowest BCUT2D eigenvalue weighted by atomic mass is 9.55. The Morgan fingerprint density at radius 1 is 1.37 bits per heavy atom. The maximum Gasteiger partial charge on any atom is 0.127 e. The summed E-state index contributed by atoms with van der Waals surface area (Å²) in [6.45, 7) is 0.695. The minimum atomic E-state index is 0.381. The predicted octanol–water partition coefficient (Wildman–Crippen LogP) is 3.34. The van der Waals surface area contributed by atoms with Gasteiger partial charge in [0.05, 0.1) is 13.2 Å². The molecule has 0 heterocycles. The zero-order valence-corrected chi connectivity index (χ0v) is 12.2. The molecule has 0 atom stereocenters. The zero-order valence-electron chi connectivity index (χ0n) is 11.3. The van der Waals surface area contributed by atoms with E-state index in [9.17, 15) is 0 Å². The topological polar surface area (TPSA) is 30.5 Å². The van der Waals surface area contributed by atoms with Gasteiger partial charge >= 0.3 is 0 Å². The van der Waals surface area contributed by atoms with E-state index < -0.39 is 0 Å². The van der Waals surface area contributed by atoms with E-state index >= 15 is 0 Å². The molecule has 2 saturated carbocycles. The number of thiol groups is 1. The van der Waals surface area contributed by atoms with Gasteiger partial charge in [-0.1, -0.05) is 25.3 Å². The van der Waals surface area contributed by atoms with Crippen molar-refractivity contribution >= 4 is 12.8 Å². The summed E-state index contributed by atoms with van der Waals surface area (Å²) in [4.78, 5) is 0. The van der Waals surface area contributed by atoms with Gasteiger partial charge in [0.15, 0.2) is 0 Å². The van der Waals surface area contributed by atoms with Crippen LogP contribution in [0.5, 0.6) is 11.5 Å². The first-order chi connectivity index (χ1) is 9.24. The first kappa shape index (κ1) is 13.1. The third-order valence-electron chi connectivity index (χ3n) is 4.57. The number of nitrogens with one attached hydrogen (secondary N) is 1. The van der Waals surface area contributed by atoms with Crippen LogP contribution in [-0.2, 0) is 6.54 Å². The number of rotatable bonds is 5. The Bertz CT molecular complexity index is 451. The molecule has 0 bridgehead atoms. The molecule has 4 heteroatoms. The number of hydrogen-bond acceptors (Lipinski definition) is 4. The Morgan fingerprint density at radius 2 is 2.16 bits per heavy atom. The quantitative estimate of drug-likeness (QED) is 0.810. The third-order valence-corrected chi connectivity index (χ3v) is 4.73. The minimum Gasteiger partial charge on any atom is -0.497 e. The van der Waals surface area contributed by atoms with Gasteiger partial charge in [0.1, 0.15) is 11.5 Å². The Morgan fingerprint density at radius 3 is 2.74 bits per heavy atom. The Hall–Kier alpha value is -0.870. The highest BCUT2D eigenvalue weighted by Gasteiger charge is 2.49. The van der Waals surface area contributed by atoms with Crippen LogP contribution in [0.1, 0.15) is 37.7 Å². The van der Waals surface area contributed by atoms with Crippen LogP contribution in [0.4, 0.5) is 0 Å². The van der Waals surface area contributed by atoms with E-state index in [0.29, 0.717) is 18.1 Å². The summed E-state index contributed by atoms with van der Waals surface area (Å²) in [6.07, 6.45) is 7.02. The van der Waals surface area contributed by atoms with E-state index in [1.54, 1.807) is 7.11 Å². The summed E-state index contributed by atoms with van der Waals surface area (Å²) in [6, 6.07) is 5.98. The normalized spacial score (nSPS) is 20.7. The predicted molar refractivity (Wildman–Crippen MR) is 78.8 cm³/mol. The van der Waals surface area contributed by atoms with E-state index in [0.717, 1.165) is 17.1 Å². The highest BCUT2D eigenvalue weighted by atomic mass is 32.1. The van der Waals surface area contributed by atoms with Crippen LogP contribution in [-0.4, -0.2) is 13.2 Å². The van der Waals surface area contributed by atoms with Gasteiger partial charge in [-0.25, -0.2) is 0 Å². The molecule has 1 N–H and O–H groups in total. The molecule has 0 radical (unpaired) electrons. The molecule has 1 aromatic rings. The van der Waals surface area contributed by atoms with Crippen molar-refractivity contribution in [3.63, 3.8) is 0 Å². The second-order valence-corrected chi connectivity index (χ2v) is 6.13. The summed E-state index contributed by atoms with van der Waals surface area (Å²) in [5.74, 6) is 1.77. The molecule has 2 fully saturated rings. The summed E-state index contributed by atoms with van der Waals surface area (Å²) >= 11 is 4.07. The largest absolute Gasteiger partial charge is 0.497 e. The highest BCUT2D eigenvalue weighted by molar-refractivity contribution is 7.78. The van der Waals surface area contributed by atoms with Crippen LogP contribution < -0.4 is 14.2 Å². The number of hydrogen-bond donors (Lipinski definition) is 2. The zero-order chi connectivity index (χ0) is 13.3. The van der Waals surface area contributed by atoms with Crippen LogP contribution in [0.3, 0.4) is 0 Å². The molecule has 2 aliphatic rings. The van der Waals surface area contributed by atoms with E-state index in [4.69, 9.17) is 9.47 Å². The molecule has 0 saturated heterocycles. The first-order valence-corrected chi connectivity index (χ1v) is 7.40. The van der Waals surface area contributed by atoms with Gasteiger partial charge < -0.3 is 9.47 Å². The molecular formula is C15H21NO2S.